The van der Waals surface area contributed by atoms with Crippen molar-refractivity contribution in [3.05, 3.63) is 65.4 Å². The number of hydrogen-bond acceptors (Lipinski definition) is 3. The van der Waals surface area contributed by atoms with Crippen molar-refractivity contribution >= 4 is 22.9 Å². The van der Waals surface area contributed by atoms with Gasteiger partial charge in [-0.05, 0) is 62.2 Å². The highest BCUT2D eigenvalue weighted by molar-refractivity contribution is 6.32. The minimum Gasteiger partial charge on any atom is -0.361 e. The second-order valence-electron chi connectivity index (χ2n) is 7.19. The van der Waals surface area contributed by atoms with E-state index in [1.807, 2.05) is 31.3 Å². The first-order chi connectivity index (χ1) is 12.7. The van der Waals surface area contributed by atoms with Gasteiger partial charge in [0.25, 0.3) is 5.91 Å². The summed E-state index contributed by atoms with van der Waals surface area (Å²) < 4.78 is 0. The van der Waals surface area contributed by atoms with E-state index in [4.69, 9.17) is 0 Å². The van der Waals surface area contributed by atoms with Crippen LogP contribution in [0.3, 0.4) is 0 Å². The van der Waals surface area contributed by atoms with Gasteiger partial charge in [0.2, 0.25) is 0 Å². The maximum atomic E-state index is 12.3. The number of piperidine rings is 1. The molecule has 2 aliphatic heterocycles. The Hall–Kier alpha value is -2.59. The van der Waals surface area contributed by atoms with E-state index >= 15 is 0 Å². The first kappa shape index (κ1) is 16.9. The second-order valence-corrected chi connectivity index (χ2v) is 7.19. The van der Waals surface area contributed by atoms with Gasteiger partial charge in [0.1, 0.15) is 0 Å². The van der Waals surface area contributed by atoms with Crippen LogP contribution in [0.15, 0.2) is 48.7 Å². The molecule has 134 valence electrons. The summed E-state index contributed by atoms with van der Waals surface area (Å²) in [4.78, 5) is 14.8. The highest BCUT2D eigenvalue weighted by Gasteiger charge is 2.25. The smallest absolute Gasteiger partial charge is 0.257 e. The molecule has 4 heteroatoms. The minimum atomic E-state index is -0.0523. The molecule has 2 aromatic rings. The number of carbonyl (C=O) groups is 1. The van der Waals surface area contributed by atoms with Gasteiger partial charge in [0, 0.05) is 29.7 Å². The molecule has 0 spiro atoms. The second kappa shape index (κ2) is 7.34. The topological polar surface area (TPSA) is 44.4 Å². The first-order valence-electron chi connectivity index (χ1n) is 9.40. The van der Waals surface area contributed by atoms with Crippen molar-refractivity contribution in [3.8, 4) is 0 Å². The molecule has 2 aliphatic rings. The van der Waals surface area contributed by atoms with Gasteiger partial charge in [-0.25, -0.2) is 0 Å². The Labute approximate surface area is 154 Å². The number of likely N-dealkylation sites (tertiary alicyclic amines) is 1. The van der Waals surface area contributed by atoms with E-state index in [1.165, 1.54) is 37.9 Å². The molecular formula is C22H25N3O. The fraction of sp³-hybridized carbons (Fsp3) is 0.318. The van der Waals surface area contributed by atoms with Crippen molar-refractivity contribution in [2.24, 2.45) is 0 Å². The third kappa shape index (κ3) is 3.51. The molecule has 2 heterocycles. The third-order valence-corrected chi connectivity index (χ3v) is 5.23. The molecule has 26 heavy (non-hydrogen) atoms. The zero-order valence-electron chi connectivity index (χ0n) is 15.2. The molecule has 0 unspecified atom stereocenters. The SMILES string of the molecule is Cc1cccc2c1C(=CNc1ccc(CN3CCCCC3)cc1)C(=O)N2. The van der Waals surface area contributed by atoms with Crippen LogP contribution < -0.4 is 10.6 Å². The zero-order valence-corrected chi connectivity index (χ0v) is 15.2. The summed E-state index contributed by atoms with van der Waals surface area (Å²) in [7, 11) is 0. The third-order valence-electron chi connectivity index (χ3n) is 5.23. The summed E-state index contributed by atoms with van der Waals surface area (Å²) in [6.07, 6.45) is 5.81. The lowest BCUT2D eigenvalue weighted by Gasteiger charge is -2.26. The summed E-state index contributed by atoms with van der Waals surface area (Å²) in [5.74, 6) is -0.0523. The van der Waals surface area contributed by atoms with Crippen LogP contribution >= 0.6 is 0 Å². The van der Waals surface area contributed by atoms with Crippen LogP contribution in [0, 0.1) is 6.92 Å². The van der Waals surface area contributed by atoms with Crippen LogP contribution in [0.1, 0.15) is 36.0 Å². The molecular weight excluding hydrogens is 322 g/mol. The van der Waals surface area contributed by atoms with Crippen LogP contribution in [-0.4, -0.2) is 23.9 Å². The van der Waals surface area contributed by atoms with Crippen molar-refractivity contribution in [1.29, 1.82) is 0 Å². The average Bonchev–Trinajstić information content (AvgIpc) is 2.98. The summed E-state index contributed by atoms with van der Waals surface area (Å²) in [5.41, 5.74) is 6.01. The highest BCUT2D eigenvalue weighted by atomic mass is 16.2. The lowest BCUT2D eigenvalue weighted by molar-refractivity contribution is -0.110. The number of nitrogens with one attached hydrogen (secondary N) is 2. The number of amides is 1. The van der Waals surface area contributed by atoms with E-state index in [0.29, 0.717) is 5.57 Å². The molecule has 1 amide bonds. The van der Waals surface area contributed by atoms with Gasteiger partial charge in [-0.2, -0.15) is 0 Å². The Kier molecular flexibility index (Phi) is 4.76. The van der Waals surface area contributed by atoms with E-state index in [9.17, 15) is 4.79 Å². The van der Waals surface area contributed by atoms with Crippen molar-refractivity contribution in [3.63, 3.8) is 0 Å². The number of aryl methyl sites for hydroxylation is 1. The number of carbonyl (C=O) groups excluding carboxylic acids is 1. The van der Waals surface area contributed by atoms with Gasteiger partial charge in [-0.1, -0.05) is 30.7 Å². The van der Waals surface area contributed by atoms with Gasteiger partial charge < -0.3 is 10.6 Å². The predicted octanol–water partition coefficient (Wildman–Crippen LogP) is 4.39. The number of rotatable bonds is 4. The van der Waals surface area contributed by atoms with Gasteiger partial charge in [-0.15, -0.1) is 0 Å². The molecule has 0 atom stereocenters. The van der Waals surface area contributed by atoms with Crippen molar-refractivity contribution in [1.82, 2.24) is 4.90 Å². The van der Waals surface area contributed by atoms with E-state index < -0.39 is 0 Å². The molecule has 2 N–H and O–H groups in total. The van der Waals surface area contributed by atoms with Crippen molar-refractivity contribution < 1.29 is 4.79 Å². The first-order valence-corrected chi connectivity index (χ1v) is 9.40. The molecule has 1 fully saturated rings. The lowest BCUT2D eigenvalue weighted by Crippen LogP contribution is -2.29. The number of nitrogens with zero attached hydrogens (tertiary/aromatic N) is 1. The Morgan fingerprint density at radius 2 is 1.85 bits per heavy atom. The standard InChI is InChI=1S/C22H25N3O/c1-16-6-5-7-20-21(16)19(22(26)24-20)14-23-18-10-8-17(9-11-18)15-25-12-3-2-4-13-25/h5-11,14,23H,2-4,12-13,15H2,1H3,(H,24,26). The summed E-state index contributed by atoms with van der Waals surface area (Å²) >= 11 is 0. The molecule has 4 rings (SSSR count). The molecule has 1 saturated heterocycles. The molecule has 0 saturated carbocycles. The largest absolute Gasteiger partial charge is 0.361 e. The summed E-state index contributed by atoms with van der Waals surface area (Å²) in [5, 5.41) is 6.21. The van der Waals surface area contributed by atoms with Crippen LogP contribution in [-0.2, 0) is 11.3 Å². The summed E-state index contributed by atoms with van der Waals surface area (Å²) in [6, 6.07) is 14.4. The fourth-order valence-electron chi connectivity index (χ4n) is 3.81. The van der Waals surface area contributed by atoms with Gasteiger partial charge in [0.15, 0.2) is 0 Å². The van der Waals surface area contributed by atoms with Crippen molar-refractivity contribution in [2.75, 3.05) is 23.7 Å². The maximum Gasteiger partial charge on any atom is 0.257 e. The van der Waals surface area contributed by atoms with E-state index in [-0.39, 0.29) is 5.91 Å². The number of benzene rings is 2. The van der Waals surface area contributed by atoms with Gasteiger partial charge >= 0.3 is 0 Å². The highest BCUT2D eigenvalue weighted by Crippen LogP contribution is 2.34. The summed E-state index contributed by atoms with van der Waals surface area (Å²) in [6.45, 7) is 5.47. The average molecular weight is 347 g/mol. The zero-order chi connectivity index (χ0) is 17.9. The Balaban J connectivity index is 1.45. The lowest BCUT2D eigenvalue weighted by atomic mass is 10.0. The van der Waals surface area contributed by atoms with Crippen LogP contribution in [0.4, 0.5) is 11.4 Å². The van der Waals surface area contributed by atoms with Gasteiger partial charge in [-0.3, -0.25) is 9.69 Å². The Morgan fingerprint density at radius 1 is 1.08 bits per heavy atom. The van der Waals surface area contributed by atoms with E-state index in [2.05, 4.69) is 39.8 Å². The monoisotopic (exact) mass is 347 g/mol. The fourth-order valence-corrected chi connectivity index (χ4v) is 3.81. The molecule has 0 radical (unpaired) electrons. The Bertz CT molecular complexity index is 833. The van der Waals surface area contributed by atoms with E-state index in [0.717, 1.165) is 29.0 Å². The molecule has 0 aliphatic carbocycles. The van der Waals surface area contributed by atoms with Crippen LogP contribution in [0.25, 0.3) is 5.57 Å². The molecule has 0 bridgehead atoms. The predicted molar refractivity (Wildman–Crippen MR) is 107 cm³/mol. The molecule has 2 aromatic carbocycles. The van der Waals surface area contributed by atoms with Crippen LogP contribution in [0.5, 0.6) is 0 Å². The van der Waals surface area contributed by atoms with Gasteiger partial charge in [0.05, 0.1) is 5.57 Å². The Morgan fingerprint density at radius 3 is 2.62 bits per heavy atom. The van der Waals surface area contributed by atoms with E-state index in [1.54, 1.807) is 0 Å². The normalized spacial score (nSPS) is 18.7. The minimum absolute atomic E-state index is 0.0523. The quantitative estimate of drug-likeness (QED) is 0.807. The number of anilines is 2. The maximum absolute atomic E-state index is 12.3. The van der Waals surface area contributed by atoms with Crippen LogP contribution in [0.2, 0.25) is 0 Å². The number of fused-ring (bicyclic) bond motifs is 1. The molecule has 0 aromatic heterocycles. The number of hydrogen-bond donors (Lipinski definition) is 2. The van der Waals surface area contributed by atoms with Crippen molar-refractivity contribution in [2.45, 2.75) is 32.7 Å². The molecule has 4 nitrogen and oxygen atoms in total.